The van der Waals surface area contributed by atoms with E-state index in [1.54, 1.807) is 56.4 Å². The summed E-state index contributed by atoms with van der Waals surface area (Å²) in [6, 6.07) is 8.82. The van der Waals surface area contributed by atoms with E-state index in [9.17, 15) is 39.6 Å². The number of carbonyl (C=O) groups is 4. The van der Waals surface area contributed by atoms with Gasteiger partial charge in [0.25, 0.3) is 11.8 Å². The summed E-state index contributed by atoms with van der Waals surface area (Å²) in [7, 11) is 4.79. The summed E-state index contributed by atoms with van der Waals surface area (Å²) in [6.45, 7) is 2.38. The molecule has 2 aromatic carbocycles. The average Bonchev–Trinajstić information content (AvgIpc) is 2.94. The molecule has 0 spiro atoms. The van der Waals surface area contributed by atoms with E-state index in [2.05, 4.69) is 0 Å². The molecule has 0 heterocycles. The number of hydrogen-bond donors (Lipinski definition) is 5. The van der Waals surface area contributed by atoms with Crippen molar-refractivity contribution in [1.82, 2.24) is 9.80 Å². The van der Waals surface area contributed by atoms with Gasteiger partial charge in [0, 0.05) is 30.6 Å². The van der Waals surface area contributed by atoms with Crippen molar-refractivity contribution in [1.29, 1.82) is 0 Å². The quantitative estimate of drug-likeness (QED) is 0.332. The number of aliphatic hydroxyl groups is 3. The number of phenols is 1. The first-order valence-corrected chi connectivity index (χ1v) is 13.6. The van der Waals surface area contributed by atoms with Crippen molar-refractivity contribution in [3.8, 4) is 16.9 Å². The van der Waals surface area contributed by atoms with Crippen LogP contribution in [0.25, 0.3) is 16.9 Å². The number of aromatic hydroxyl groups is 1. The Morgan fingerprint density at radius 1 is 1.07 bits per heavy atom. The highest BCUT2D eigenvalue weighted by Crippen LogP contribution is 2.53. The van der Waals surface area contributed by atoms with E-state index in [-0.39, 0.29) is 35.6 Å². The van der Waals surface area contributed by atoms with E-state index < -0.39 is 58.0 Å². The van der Waals surface area contributed by atoms with Gasteiger partial charge >= 0.3 is 0 Å². The first kappa shape index (κ1) is 29.0. The average molecular weight is 576 g/mol. The number of nitrogens with zero attached hydrogens (tertiary/aromatic N) is 2. The number of nitrogens with two attached hydrogens (primary N) is 1. The summed E-state index contributed by atoms with van der Waals surface area (Å²) < 4.78 is 0. The minimum atomic E-state index is -2.70. The molecule has 3 aliphatic rings. The van der Waals surface area contributed by atoms with Crippen molar-refractivity contribution in [2.75, 3.05) is 27.7 Å². The molecule has 5 rings (SSSR count). The molecule has 6 N–H and O–H groups in total. The number of aliphatic hydroxyl groups excluding tert-OH is 2. The van der Waals surface area contributed by atoms with Crippen molar-refractivity contribution in [3.63, 3.8) is 0 Å². The maximum absolute atomic E-state index is 14.0. The number of likely N-dealkylation sites (N-methyl/N-ethyl adjacent to an activating group) is 1. The molecule has 0 bridgehead atoms. The van der Waals surface area contributed by atoms with Gasteiger partial charge in [-0.3, -0.25) is 24.1 Å². The van der Waals surface area contributed by atoms with Gasteiger partial charge in [-0.15, -0.1) is 0 Å². The number of Topliss-reactive ketones (excluding diaryl/α,β-unsaturated/α-hetero) is 2. The fourth-order valence-electron chi connectivity index (χ4n) is 6.70. The molecule has 11 heteroatoms. The predicted molar refractivity (Wildman–Crippen MR) is 152 cm³/mol. The highest BCUT2D eigenvalue weighted by molar-refractivity contribution is 6.24. The Morgan fingerprint density at radius 2 is 1.76 bits per heavy atom. The van der Waals surface area contributed by atoms with Crippen molar-refractivity contribution in [3.05, 3.63) is 70.0 Å². The number of rotatable bonds is 5. The highest BCUT2D eigenvalue weighted by atomic mass is 16.3. The number of primary amides is 1. The number of phenolic OH excluding ortho intramolecular Hbond substituents is 1. The smallest absolute Gasteiger partial charge is 0.255 e. The van der Waals surface area contributed by atoms with Gasteiger partial charge in [-0.05, 0) is 74.7 Å². The van der Waals surface area contributed by atoms with Crippen LogP contribution in [0.5, 0.6) is 5.75 Å². The van der Waals surface area contributed by atoms with Crippen molar-refractivity contribution >= 4 is 29.1 Å². The van der Waals surface area contributed by atoms with Gasteiger partial charge in [0.1, 0.15) is 22.8 Å². The molecule has 2 unspecified atom stereocenters. The zero-order valence-corrected chi connectivity index (χ0v) is 23.7. The minimum Gasteiger partial charge on any atom is -0.508 e. The molecule has 2 amide bonds. The lowest BCUT2D eigenvalue weighted by Gasteiger charge is -2.50. The van der Waals surface area contributed by atoms with Crippen LogP contribution in [0, 0.1) is 11.8 Å². The third-order valence-corrected chi connectivity index (χ3v) is 8.85. The van der Waals surface area contributed by atoms with E-state index in [1.165, 1.54) is 11.0 Å². The molecular formula is C31H33N3O8. The van der Waals surface area contributed by atoms with Crippen LogP contribution in [0.2, 0.25) is 0 Å². The molecule has 11 nitrogen and oxygen atoms in total. The van der Waals surface area contributed by atoms with Gasteiger partial charge in [0.2, 0.25) is 5.78 Å². The second-order valence-electron chi connectivity index (χ2n) is 11.3. The zero-order chi connectivity index (χ0) is 30.8. The second-order valence-corrected chi connectivity index (χ2v) is 11.3. The normalized spacial score (nSPS) is 25.2. The van der Waals surface area contributed by atoms with Gasteiger partial charge in [-0.25, -0.2) is 0 Å². The largest absolute Gasteiger partial charge is 0.508 e. The Labute approximate surface area is 242 Å². The Kier molecular flexibility index (Phi) is 6.99. The number of hydrogen-bond acceptors (Lipinski definition) is 9. The lowest BCUT2D eigenvalue weighted by Crippen LogP contribution is -2.65. The lowest BCUT2D eigenvalue weighted by atomic mass is 9.57. The Bertz CT molecular complexity index is 1620. The third kappa shape index (κ3) is 4.03. The number of fused-ring (bicyclic) bond motifs is 3. The van der Waals surface area contributed by atoms with Crippen LogP contribution in [-0.4, -0.2) is 92.9 Å². The Hall–Kier alpha value is -4.48. The van der Waals surface area contributed by atoms with Crippen LogP contribution < -0.4 is 5.73 Å². The predicted octanol–water partition coefficient (Wildman–Crippen LogP) is 1.72. The molecule has 0 aromatic heterocycles. The fourth-order valence-corrected chi connectivity index (χ4v) is 6.70. The molecule has 0 saturated heterocycles. The lowest BCUT2D eigenvalue weighted by molar-refractivity contribution is -0.153. The monoisotopic (exact) mass is 575 g/mol. The number of ketones is 2. The first-order chi connectivity index (χ1) is 19.7. The second kappa shape index (κ2) is 10.1. The van der Waals surface area contributed by atoms with E-state index in [0.29, 0.717) is 28.8 Å². The van der Waals surface area contributed by atoms with Crippen LogP contribution >= 0.6 is 0 Å². The molecule has 220 valence electrons. The fraction of sp³-hybridized carbons (Fsp3) is 0.355. The van der Waals surface area contributed by atoms with Crippen molar-refractivity contribution in [2.24, 2.45) is 17.6 Å². The third-order valence-electron chi connectivity index (χ3n) is 8.85. The molecule has 0 aliphatic heterocycles. The maximum Gasteiger partial charge on any atom is 0.255 e. The molecule has 4 atom stereocenters. The van der Waals surface area contributed by atoms with Crippen molar-refractivity contribution < 1.29 is 39.6 Å². The van der Waals surface area contributed by atoms with Crippen LogP contribution in [0.3, 0.4) is 0 Å². The minimum absolute atomic E-state index is 0.00815. The molecule has 3 aliphatic carbocycles. The van der Waals surface area contributed by atoms with Gasteiger partial charge < -0.3 is 31.1 Å². The van der Waals surface area contributed by atoms with E-state index >= 15 is 0 Å². The SMILES string of the molecule is CCN(C)C(=O)c1cccc(-c2ccc(O)c3c2CC2CC4[C@H](N(C)C)C(=O)C(C(N)=O)=C(O)[C@@]4(O)C(=O)C2=C3O)c1. The molecule has 1 fully saturated rings. The summed E-state index contributed by atoms with van der Waals surface area (Å²) in [5.41, 5.74) is 3.84. The highest BCUT2D eigenvalue weighted by Gasteiger charge is 2.64. The van der Waals surface area contributed by atoms with Gasteiger partial charge in [0.05, 0.1) is 11.6 Å². The maximum atomic E-state index is 14.0. The summed E-state index contributed by atoms with van der Waals surface area (Å²) in [5, 5.41) is 45.0. The number of carbonyl (C=O) groups excluding carboxylic acids is 4. The summed E-state index contributed by atoms with van der Waals surface area (Å²) in [6.07, 6.45) is 0.131. The zero-order valence-electron chi connectivity index (χ0n) is 23.7. The molecule has 2 aromatic rings. The Balaban J connectivity index is 1.69. The van der Waals surface area contributed by atoms with E-state index in [4.69, 9.17) is 5.73 Å². The Morgan fingerprint density at radius 3 is 2.38 bits per heavy atom. The van der Waals surface area contributed by atoms with Gasteiger partial charge in [0.15, 0.2) is 11.4 Å². The summed E-state index contributed by atoms with van der Waals surface area (Å²) >= 11 is 0. The van der Waals surface area contributed by atoms with Crippen molar-refractivity contribution in [2.45, 2.75) is 31.4 Å². The number of amides is 2. The first-order valence-electron chi connectivity index (χ1n) is 13.6. The van der Waals surface area contributed by atoms with Crippen LogP contribution in [0.4, 0.5) is 0 Å². The molecule has 0 radical (unpaired) electrons. The van der Waals surface area contributed by atoms with Gasteiger partial charge in [-0.1, -0.05) is 18.2 Å². The molecule has 1 saturated carbocycles. The van der Waals surface area contributed by atoms with E-state index in [0.717, 1.165) is 0 Å². The van der Waals surface area contributed by atoms with Crippen LogP contribution in [0.15, 0.2) is 53.3 Å². The number of benzene rings is 2. The molecule has 42 heavy (non-hydrogen) atoms. The van der Waals surface area contributed by atoms with Gasteiger partial charge in [-0.2, -0.15) is 0 Å². The van der Waals surface area contributed by atoms with Crippen LogP contribution in [-0.2, 0) is 20.8 Å². The summed E-state index contributed by atoms with van der Waals surface area (Å²) in [4.78, 5) is 55.3. The molecular weight excluding hydrogens is 542 g/mol. The van der Waals surface area contributed by atoms with E-state index in [1.807, 2.05) is 6.92 Å². The summed E-state index contributed by atoms with van der Waals surface area (Å²) in [5.74, 6) is -7.20. The topological polar surface area (TPSA) is 182 Å². The standard InChI is InChI=1S/C31H33N3O8/c1-5-34(4)30(41)15-8-6-7-14(11-15)17-9-10-20(35)22-18(17)12-16-13-19-24(33(2)3)26(37)23(29(32)40)28(39)31(19,42)27(38)21(16)25(22)36/h6-11,16,19,24,35-36,39,42H,5,12-13H2,1-4H3,(H2,32,40)/t16?,19?,24-,31-/m0/s1. The van der Waals surface area contributed by atoms with Crippen LogP contribution in [0.1, 0.15) is 34.8 Å².